The van der Waals surface area contributed by atoms with Crippen molar-refractivity contribution in [1.82, 2.24) is 16.0 Å². The maximum Gasteiger partial charge on any atom is 0.326 e. The van der Waals surface area contributed by atoms with Crippen molar-refractivity contribution in [2.75, 3.05) is 13.1 Å². The first kappa shape index (κ1) is 32.5. The second kappa shape index (κ2) is 17.0. The van der Waals surface area contributed by atoms with Gasteiger partial charge in [-0.15, -0.1) is 0 Å². The minimum atomic E-state index is -1.52. The molecule has 0 spiro atoms. The van der Waals surface area contributed by atoms with Gasteiger partial charge in [-0.1, -0.05) is 0 Å². The van der Waals surface area contributed by atoms with Crippen LogP contribution >= 0.6 is 0 Å². The van der Waals surface area contributed by atoms with Crippen molar-refractivity contribution in [2.24, 2.45) is 33.7 Å². The van der Waals surface area contributed by atoms with Crippen LogP contribution in [0.3, 0.4) is 0 Å². The van der Waals surface area contributed by atoms with E-state index < -0.39 is 66.3 Å². The molecular formula is C20H39N9O7. The molecular weight excluding hydrogens is 478 g/mol. The number of aliphatic imine (C=N–C) groups is 1. The molecule has 0 saturated carbocycles. The number of carboxylic acids is 1. The molecule has 15 N–H and O–H groups in total. The fourth-order valence-electron chi connectivity index (χ4n) is 2.96. The first-order valence-corrected chi connectivity index (χ1v) is 11.4. The summed E-state index contributed by atoms with van der Waals surface area (Å²) in [6.07, 6.45) is -0.546. The zero-order chi connectivity index (χ0) is 27.8. The number of aliphatic hydroxyl groups excluding tert-OH is 1. The number of aliphatic hydroxyl groups is 1. The quantitative estimate of drug-likeness (QED) is 0.0467. The molecule has 0 aliphatic rings. The summed E-state index contributed by atoms with van der Waals surface area (Å²) in [6.45, 7) is 1.77. The van der Waals surface area contributed by atoms with Gasteiger partial charge in [0.1, 0.15) is 24.2 Å². The van der Waals surface area contributed by atoms with E-state index in [9.17, 15) is 34.2 Å². The number of hydrogen-bond acceptors (Lipinski definition) is 9. The molecule has 0 bridgehead atoms. The van der Waals surface area contributed by atoms with E-state index in [2.05, 4.69) is 20.9 Å². The highest BCUT2D eigenvalue weighted by Crippen LogP contribution is 2.05. The molecule has 5 atom stereocenters. The van der Waals surface area contributed by atoms with Crippen LogP contribution < -0.4 is 44.6 Å². The van der Waals surface area contributed by atoms with Crippen molar-refractivity contribution in [3.63, 3.8) is 0 Å². The zero-order valence-corrected chi connectivity index (χ0v) is 20.3. The standard InChI is InChI=1S/C20H39N9O7/c1-10(30)15(23)18(34)27-11(5-2-3-7-21)16(32)29-13(9-14(22)31)17(33)28-12(19(35)36)6-4-8-26-20(24)25/h10-13,15,30H,2-9,21,23H2,1H3,(H2,22,31)(H,27,34)(H,28,33)(H,29,32)(H,35,36)(H4,24,25,26). The minimum absolute atomic E-state index is 0.0376. The Hall–Kier alpha value is -3.50. The van der Waals surface area contributed by atoms with E-state index in [1.165, 1.54) is 6.92 Å². The third kappa shape index (κ3) is 13.4. The fraction of sp³-hybridized carbons (Fsp3) is 0.700. The van der Waals surface area contributed by atoms with E-state index in [4.69, 9.17) is 28.7 Å². The summed E-state index contributed by atoms with van der Waals surface area (Å²) >= 11 is 0. The Morgan fingerprint density at radius 3 is 1.86 bits per heavy atom. The molecule has 4 amide bonds. The second-order valence-electron chi connectivity index (χ2n) is 8.19. The Labute approximate surface area is 208 Å². The van der Waals surface area contributed by atoms with E-state index >= 15 is 0 Å². The van der Waals surface area contributed by atoms with Crippen LogP contribution in [-0.2, 0) is 24.0 Å². The Morgan fingerprint density at radius 1 is 0.833 bits per heavy atom. The van der Waals surface area contributed by atoms with Crippen LogP contribution in [0.5, 0.6) is 0 Å². The molecule has 0 aromatic heterocycles. The van der Waals surface area contributed by atoms with E-state index in [1.807, 2.05) is 0 Å². The topological polar surface area (TPSA) is 304 Å². The molecule has 0 fully saturated rings. The molecule has 0 aromatic rings. The molecule has 0 heterocycles. The van der Waals surface area contributed by atoms with Crippen LogP contribution in [-0.4, -0.2) is 89.1 Å². The Bertz CT molecular complexity index is 787. The van der Waals surface area contributed by atoms with E-state index in [0.29, 0.717) is 19.4 Å². The van der Waals surface area contributed by atoms with Crippen molar-refractivity contribution < 1.29 is 34.2 Å². The number of guanidine groups is 1. The van der Waals surface area contributed by atoms with Crippen LogP contribution in [0.4, 0.5) is 0 Å². The van der Waals surface area contributed by atoms with Crippen LogP contribution in [0.15, 0.2) is 4.99 Å². The summed E-state index contributed by atoms with van der Waals surface area (Å²) in [5.41, 5.74) is 26.7. The molecule has 5 unspecified atom stereocenters. The lowest BCUT2D eigenvalue weighted by atomic mass is 10.1. The number of carbonyl (C=O) groups is 5. The van der Waals surface area contributed by atoms with Crippen molar-refractivity contribution in [3.05, 3.63) is 0 Å². The molecule has 0 rings (SSSR count). The van der Waals surface area contributed by atoms with Gasteiger partial charge >= 0.3 is 5.97 Å². The summed E-state index contributed by atoms with van der Waals surface area (Å²) in [5.74, 6) is -5.06. The van der Waals surface area contributed by atoms with Crippen molar-refractivity contribution in [3.8, 4) is 0 Å². The monoisotopic (exact) mass is 517 g/mol. The van der Waals surface area contributed by atoms with Crippen LogP contribution in [0.1, 0.15) is 45.4 Å². The number of nitrogens with two attached hydrogens (primary N) is 5. The summed E-state index contributed by atoms with van der Waals surface area (Å²) in [5, 5.41) is 25.9. The van der Waals surface area contributed by atoms with Crippen molar-refractivity contribution in [1.29, 1.82) is 0 Å². The average Bonchev–Trinajstić information content (AvgIpc) is 2.78. The van der Waals surface area contributed by atoms with Gasteiger partial charge in [-0.2, -0.15) is 0 Å². The van der Waals surface area contributed by atoms with Crippen molar-refractivity contribution >= 4 is 35.6 Å². The molecule has 0 aromatic carbocycles. The largest absolute Gasteiger partial charge is 0.480 e. The van der Waals surface area contributed by atoms with Gasteiger partial charge in [0.15, 0.2) is 5.96 Å². The third-order valence-corrected chi connectivity index (χ3v) is 5.00. The second-order valence-corrected chi connectivity index (χ2v) is 8.19. The Kier molecular flexibility index (Phi) is 15.4. The highest BCUT2D eigenvalue weighted by molar-refractivity contribution is 5.96. The summed E-state index contributed by atoms with van der Waals surface area (Å²) in [4.78, 5) is 64.7. The third-order valence-electron chi connectivity index (χ3n) is 5.00. The molecule has 0 radical (unpaired) electrons. The molecule has 0 aliphatic carbocycles. The van der Waals surface area contributed by atoms with Crippen LogP contribution in [0, 0.1) is 0 Å². The predicted octanol–water partition coefficient (Wildman–Crippen LogP) is -4.71. The molecule has 0 saturated heterocycles. The van der Waals surface area contributed by atoms with Gasteiger partial charge in [-0.05, 0) is 45.6 Å². The number of hydrogen-bond donors (Lipinski definition) is 10. The van der Waals surface area contributed by atoms with Gasteiger partial charge < -0.3 is 54.8 Å². The van der Waals surface area contributed by atoms with Gasteiger partial charge in [-0.25, -0.2) is 4.79 Å². The first-order chi connectivity index (χ1) is 16.8. The highest BCUT2D eigenvalue weighted by atomic mass is 16.4. The van der Waals surface area contributed by atoms with Gasteiger partial charge in [-0.3, -0.25) is 24.2 Å². The van der Waals surface area contributed by atoms with E-state index in [0.717, 1.165) is 0 Å². The number of amides is 4. The van der Waals surface area contributed by atoms with E-state index in [-0.39, 0.29) is 31.8 Å². The van der Waals surface area contributed by atoms with Crippen molar-refractivity contribution in [2.45, 2.75) is 75.7 Å². The maximum atomic E-state index is 12.9. The Balaban J connectivity index is 5.49. The lowest BCUT2D eigenvalue weighted by molar-refractivity contribution is -0.142. The SMILES string of the molecule is CC(O)C(N)C(=O)NC(CCCCN)C(=O)NC(CC(N)=O)C(=O)NC(CCCN=C(N)N)C(=O)O. The lowest BCUT2D eigenvalue weighted by Crippen LogP contribution is -2.58. The molecule has 206 valence electrons. The molecule has 36 heavy (non-hydrogen) atoms. The van der Waals surface area contributed by atoms with Crippen LogP contribution in [0.2, 0.25) is 0 Å². The smallest absolute Gasteiger partial charge is 0.326 e. The number of nitrogens with one attached hydrogen (secondary N) is 3. The van der Waals surface area contributed by atoms with Gasteiger partial charge in [0, 0.05) is 6.54 Å². The minimum Gasteiger partial charge on any atom is -0.480 e. The average molecular weight is 518 g/mol. The number of carboxylic acid groups (broad SMARTS) is 1. The number of rotatable bonds is 18. The number of unbranched alkanes of at least 4 members (excludes halogenated alkanes) is 1. The van der Waals surface area contributed by atoms with Gasteiger partial charge in [0.05, 0.1) is 12.5 Å². The van der Waals surface area contributed by atoms with E-state index in [1.54, 1.807) is 0 Å². The molecule has 16 heteroatoms. The number of aliphatic carboxylic acids is 1. The number of primary amides is 1. The Morgan fingerprint density at radius 2 is 1.36 bits per heavy atom. The normalized spacial score (nSPS) is 14.9. The summed E-state index contributed by atoms with van der Waals surface area (Å²) < 4.78 is 0. The van der Waals surface area contributed by atoms with Gasteiger partial charge in [0.2, 0.25) is 23.6 Å². The summed E-state index contributed by atoms with van der Waals surface area (Å²) in [6, 6.07) is -5.36. The predicted molar refractivity (Wildman–Crippen MR) is 130 cm³/mol. The highest BCUT2D eigenvalue weighted by Gasteiger charge is 2.31. The number of nitrogens with zero attached hydrogens (tertiary/aromatic N) is 1. The maximum absolute atomic E-state index is 12.9. The lowest BCUT2D eigenvalue weighted by Gasteiger charge is -2.25. The number of carbonyl (C=O) groups excluding carboxylic acids is 4. The summed E-state index contributed by atoms with van der Waals surface area (Å²) in [7, 11) is 0. The zero-order valence-electron chi connectivity index (χ0n) is 20.3. The van der Waals surface area contributed by atoms with Crippen LogP contribution in [0.25, 0.3) is 0 Å². The van der Waals surface area contributed by atoms with Gasteiger partial charge in [0.25, 0.3) is 0 Å². The fourth-order valence-corrected chi connectivity index (χ4v) is 2.96. The molecule has 0 aliphatic heterocycles. The molecule has 16 nitrogen and oxygen atoms in total. The first-order valence-electron chi connectivity index (χ1n) is 11.4.